The van der Waals surface area contributed by atoms with Crippen molar-refractivity contribution in [3.63, 3.8) is 0 Å². The summed E-state index contributed by atoms with van der Waals surface area (Å²) in [4.78, 5) is 9.71. The Bertz CT molecular complexity index is 433. The molecule has 0 fully saturated rings. The van der Waals surface area contributed by atoms with E-state index < -0.39 is 0 Å². The van der Waals surface area contributed by atoms with Crippen LogP contribution in [0.1, 0.15) is 16.3 Å². The van der Waals surface area contributed by atoms with Gasteiger partial charge < -0.3 is 5.32 Å². The van der Waals surface area contributed by atoms with Gasteiger partial charge in [-0.2, -0.15) is 0 Å². The molecule has 0 aliphatic carbocycles. The zero-order chi connectivity index (χ0) is 10.7. The van der Waals surface area contributed by atoms with E-state index in [-0.39, 0.29) is 0 Å². The van der Waals surface area contributed by atoms with Gasteiger partial charge in [-0.1, -0.05) is 0 Å². The van der Waals surface area contributed by atoms with Crippen molar-refractivity contribution in [2.75, 3.05) is 5.32 Å². The number of nitrogens with one attached hydrogen (secondary N) is 1. The lowest BCUT2D eigenvalue weighted by Crippen LogP contribution is -1.99. The molecule has 1 N–H and O–H groups in total. The summed E-state index contributed by atoms with van der Waals surface area (Å²) in [6, 6.07) is 4.04. The molecular weight excluding hydrogens is 206 g/mol. The normalized spacial score (nSPS) is 10.3. The molecule has 0 aliphatic rings. The summed E-state index contributed by atoms with van der Waals surface area (Å²) in [5, 5.41) is 3.32. The molecule has 0 bridgehead atoms. The fourth-order valence-electron chi connectivity index (χ4n) is 1.25. The number of hydrogen-bond acceptors (Lipinski definition) is 4. The highest BCUT2D eigenvalue weighted by molar-refractivity contribution is 7.09. The number of anilines is 1. The van der Waals surface area contributed by atoms with Gasteiger partial charge in [-0.3, -0.25) is 4.98 Å². The maximum absolute atomic E-state index is 4.23. The minimum atomic E-state index is 0.821. The quantitative estimate of drug-likeness (QED) is 0.862. The molecule has 78 valence electrons. The molecule has 0 spiro atoms. The van der Waals surface area contributed by atoms with Gasteiger partial charge >= 0.3 is 0 Å². The molecule has 4 heteroatoms. The molecule has 2 heterocycles. The van der Waals surface area contributed by atoms with E-state index in [4.69, 9.17) is 0 Å². The van der Waals surface area contributed by atoms with E-state index in [2.05, 4.69) is 15.3 Å². The highest BCUT2D eigenvalue weighted by Crippen LogP contribution is 2.14. The lowest BCUT2D eigenvalue weighted by molar-refractivity contribution is 1.11. The SMILES string of the molecule is Cc1ccc(NCc2scnc2C)cn1. The smallest absolute Gasteiger partial charge is 0.0798 e. The molecule has 2 rings (SSSR count). The van der Waals surface area contributed by atoms with Crippen molar-refractivity contribution in [1.29, 1.82) is 0 Å². The number of thiazole rings is 1. The standard InChI is InChI=1S/C11H13N3S/c1-8-3-4-10(5-12-8)13-6-11-9(2)14-7-15-11/h3-5,7,13H,6H2,1-2H3. The van der Waals surface area contributed by atoms with Crippen LogP contribution in [0.2, 0.25) is 0 Å². The van der Waals surface area contributed by atoms with Crippen LogP contribution >= 0.6 is 11.3 Å². The molecule has 0 aliphatic heterocycles. The highest BCUT2D eigenvalue weighted by Gasteiger charge is 2.00. The molecule has 0 aromatic carbocycles. The third-order valence-corrected chi connectivity index (χ3v) is 3.14. The van der Waals surface area contributed by atoms with Crippen molar-refractivity contribution in [1.82, 2.24) is 9.97 Å². The predicted octanol–water partition coefficient (Wildman–Crippen LogP) is 2.77. The third-order valence-electron chi connectivity index (χ3n) is 2.21. The molecule has 15 heavy (non-hydrogen) atoms. The number of pyridine rings is 1. The topological polar surface area (TPSA) is 37.8 Å². The Morgan fingerprint density at radius 1 is 1.27 bits per heavy atom. The molecule has 0 saturated carbocycles. The largest absolute Gasteiger partial charge is 0.379 e. The molecule has 0 saturated heterocycles. The van der Waals surface area contributed by atoms with E-state index in [1.54, 1.807) is 11.3 Å². The van der Waals surface area contributed by atoms with Gasteiger partial charge in [0.05, 0.1) is 29.6 Å². The van der Waals surface area contributed by atoms with Gasteiger partial charge in [-0.15, -0.1) is 11.3 Å². The van der Waals surface area contributed by atoms with Gasteiger partial charge in [0, 0.05) is 10.6 Å². The van der Waals surface area contributed by atoms with Gasteiger partial charge in [0.15, 0.2) is 0 Å². The maximum Gasteiger partial charge on any atom is 0.0798 e. The molecule has 2 aromatic rings. The van der Waals surface area contributed by atoms with Gasteiger partial charge in [0.25, 0.3) is 0 Å². The lowest BCUT2D eigenvalue weighted by Gasteiger charge is -2.04. The fourth-order valence-corrected chi connectivity index (χ4v) is 1.97. The van der Waals surface area contributed by atoms with Crippen LogP contribution in [0, 0.1) is 13.8 Å². The molecule has 0 radical (unpaired) electrons. The molecule has 0 atom stereocenters. The second-order valence-electron chi connectivity index (χ2n) is 3.40. The van der Waals surface area contributed by atoms with Gasteiger partial charge in [0.2, 0.25) is 0 Å². The van der Waals surface area contributed by atoms with E-state index in [1.165, 1.54) is 4.88 Å². The Kier molecular flexibility index (Phi) is 2.97. The van der Waals surface area contributed by atoms with Crippen molar-refractivity contribution in [2.24, 2.45) is 0 Å². The summed E-state index contributed by atoms with van der Waals surface area (Å²) in [5.41, 5.74) is 5.07. The minimum absolute atomic E-state index is 0.821. The third kappa shape index (κ3) is 2.53. The first-order valence-electron chi connectivity index (χ1n) is 4.81. The number of aromatic nitrogens is 2. The second kappa shape index (κ2) is 4.40. The molecule has 2 aromatic heterocycles. The summed E-state index contributed by atoms with van der Waals surface area (Å²) in [7, 11) is 0. The van der Waals surface area contributed by atoms with Crippen molar-refractivity contribution in [3.8, 4) is 0 Å². The van der Waals surface area contributed by atoms with E-state index in [1.807, 2.05) is 37.7 Å². The highest BCUT2D eigenvalue weighted by atomic mass is 32.1. The summed E-state index contributed by atoms with van der Waals surface area (Å²) in [6.45, 7) is 4.83. The van der Waals surface area contributed by atoms with Crippen LogP contribution in [-0.2, 0) is 6.54 Å². The Balaban J connectivity index is 1.99. The van der Waals surface area contributed by atoms with E-state index in [9.17, 15) is 0 Å². The Hall–Kier alpha value is -1.42. The first-order chi connectivity index (χ1) is 7.25. The fraction of sp³-hybridized carbons (Fsp3) is 0.273. The number of hydrogen-bond donors (Lipinski definition) is 1. The van der Waals surface area contributed by atoms with Crippen LogP contribution in [0.4, 0.5) is 5.69 Å². The number of aryl methyl sites for hydroxylation is 2. The van der Waals surface area contributed by atoms with Crippen LogP contribution in [0.5, 0.6) is 0 Å². The first-order valence-corrected chi connectivity index (χ1v) is 5.69. The van der Waals surface area contributed by atoms with Crippen molar-refractivity contribution >= 4 is 17.0 Å². The van der Waals surface area contributed by atoms with Gasteiger partial charge in [-0.05, 0) is 26.0 Å². The maximum atomic E-state index is 4.23. The Morgan fingerprint density at radius 2 is 2.13 bits per heavy atom. The van der Waals surface area contributed by atoms with Gasteiger partial charge in [0.1, 0.15) is 0 Å². The van der Waals surface area contributed by atoms with Crippen LogP contribution in [0.3, 0.4) is 0 Å². The number of rotatable bonds is 3. The minimum Gasteiger partial charge on any atom is -0.379 e. The van der Waals surface area contributed by atoms with E-state index in [0.717, 1.165) is 23.6 Å². The second-order valence-corrected chi connectivity index (χ2v) is 4.34. The summed E-state index contributed by atoms with van der Waals surface area (Å²) >= 11 is 1.68. The molecular formula is C11H13N3S. The monoisotopic (exact) mass is 219 g/mol. The van der Waals surface area contributed by atoms with E-state index >= 15 is 0 Å². The zero-order valence-electron chi connectivity index (χ0n) is 8.82. The predicted molar refractivity (Wildman–Crippen MR) is 63.2 cm³/mol. The molecule has 0 amide bonds. The van der Waals surface area contributed by atoms with Crippen LogP contribution < -0.4 is 5.32 Å². The zero-order valence-corrected chi connectivity index (χ0v) is 9.64. The summed E-state index contributed by atoms with van der Waals surface area (Å²) < 4.78 is 0. The number of nitrogens with zero attached hydrogens (tertiary/aromatic N) is 2. The van der Waals surface area contributed by atoms with E-state index in [0.29, 0.717) is 0 Å². The molecule has 0 unspecified atom stereocenters. The van der Waals surface area contributed by atoms with Crippen LogP contribution in [-0.4, -0.2) is 9.97 Å². The Morgan fingerprint density at radius 3 is 2.73 bits per heavy atom. The average Bonchev–Trinajstić information content (AvgIpc) is 2.63. The Labute approximate surface area is 93.2 Å². The van der Waals surface area contributed by atoms with Crippen LogP contribution in [0.15, 0.2) is 23.8 Å². The van der Waals surface area contributed by atoms with Crippen molar-refractivity contribution < 1.29 is 0 Å². The van der Waals surface area contributed by atoms with Crippen molar-refractivity contribution in [3.05, 3.63) is 40.1 Å². The van der Waals surface area contributed by atoms with Crippen molar-refractivity contribution in [2.45, 2.75) is 20.4 Å². The van der Waals surface area contributed by atoms with Crippen LogP contribution in [0.25, 0.3) is 0 Å². The summed E-state index contributed by atoms with van der Waals surface area (Å²) in [5.74, 6) is 0. The summed E-state index contributed by atoms with van der Waals surface area (Å²) in [6.07, 6.45) is 1.85. The van der Waals surface area contributed by atoms with Gasteiger partial charge in [-0.25, -0.2) is 4.98 Å². The average molecular weight is 219 g/mol. The molecule has 3 nitrogen and oxygen atoms in total. The lowest BCUT2D eigenvalue weighted by atomic mass is 10.3. The first kappa shape index (κ1) is 10.1.